The van der Waals surface area contributed by atoms with Crippen molar-refractivity contribution in [3.05, 3.63) is 93.5 Å². The lowest BCUT2D eigenvalue weighted by Gasteiger charge is -2.27. The van der Waals surface area contributed by atoms with Crippen molar-refractivity contribution < 1.29 is 38.2 Å². The zero-order chi connectivity index (χ0) is 31.3. The van der Waals surface area contributed by atoms with Crippen LogP contribution in [0.25, 0.3) is 0 Å². The Morgan fingerprint density at radius 1 is 0.744 bits per heavy atom. The molecule has 43 heavy (non-hydrogen) atoms. The number of nitrogens with zero attached hydrogens (tertiary/aromatic N) is 1. The fourth-order valence-electron chi connectivity index (χ4n) is 4.28. The molecule has 1 unspecified atom stereocenters. The molecule has 2 N–H and O–H groups in total. The van der Waals surface area contributed by atoms with Crippen LogP contribution < -0.4 is 10.6 Å². The van der Waals surface area contributed by atoms with Crippen molar-refractivity contribution in [2.45, 2.75) is 19.9 Å². The molecular formula is C30H25Cl2N3O8. The maximum atomic E-state index is 13.3. The first-order valence-corrected chi connectivity index (χ1v) is 13.7. The Morgan fingerprint density at radius 3 is 1.81 bits per heavy atom. The van der Waals surface area contributed by atoms with Gasteiger partial charge in [-0.2, -0.15) is 0 Å². The lowest BCUT2D eigenvalue weighted by Crippen LogP contribution is -2.49. The first-order chi connectivity index (χ1) is 20.4. The van der Waals surface area contributed by atoms with Gasteiger partial charge in [-0.1, -0.05) is 49.2 Å². The molecule has 0 saturated heterocycles. The number of fused-ring (bicyclic) bond motifs is 1. The van der Waals surface area contributed by atoms with E-state index in [4.69, 9.17) is 32.7 Å². The van der Waals surface area contributed by atoms with Crippen molar-refractivity contribution in [2.75, 3.05) is 23.8 Å². The number of halogens is 2. The number of amides is 4. The minimum absolute atomic E-state index is 0.0302. The van der Waals surface area contributed by atoms with Crippen molar-refractivity contribution in [3.8, 4) is 0 Å². The van der Waals surface area contributed by atoms with E-state index in [0.717, 1.165) is 11.0 Å². The van der Waals surface area contributed by atoms with E-state index in [9.17, 15) is 28.8 Å². The highest BCUT2D eigenvalue weighted by Gasteiger charge is 2.45. The summed E-state index contributed by atoms with van der Waals surface area (Å²) in [4.78, 5) is 77.4. The molecule has 1 atom stereocenters. The van der Waals surface area contributed by atoms with Gasteiger partial charge in [-0.25, -0.2) is 9.59 Å². The number of anilines is 2. The molecule has 1 heterocycles. The summed E-state index contributed by atoms with van der Waals surface area (Å²) in [6, 6.07) is 15.1. The van der Waals surface area contributed by atoms with Crippen LogP contribution in [0.3, 0.4) is 0 Å². The lowest BCUT2D eigenvalue weighted by molar-refractivity contribution is -0.152. The first-order valence-electron chi connectivity index (χ1n) is 12.9. The standard InChI is InChI=1S/C30H25Cl2N3O8/c1-16(2)26(30(41)43-15-25(37)34-21-8-4-6-19(32)13-21)35-27(38)22-10-9-17(11-23(22)28(35)39)29(40)42-14-24(36)33-20-7-3-5-18(31)12-20/h3-13,16,26H,14-15H2,1-2H3,(H,33,36)(H,34,37). The quantitative estimate of drug-likeness (QED) is 0.245. The summed E-state index contributed by atoms with van der Waals surface area (Å²) in [7, 11) is 0. The van der Waals surface area contributed by atoms with Crippen molar-refractivity contribution >= 4 is 70.1 Å². The molecule has 1 aliphatic rings. The van der Waals surface area contributed by atoms with Gasteiger partial charge in [0, 0.05) is 21.4 Å². The van der Waals surface area contributed by atoms with E-state index in [0.29, 0.717) is 21.4 Å². The summed E-state index contributed by atoms with van der Waals surface area (Å²) in [5.74, 6) is -5.30. The van der Waals surface area contributed by atoms with E-state index in [-0.39, 0.29) is 16.7 Å². The summed E-state index contributed by atoms with van der Waals surface area (Å²) < 4.78 is 10.2. The molecule has 222 valence electrons. The predicted octanol–water partition coefficient (Wildman–Crippen LogP) is 4.59. The zero-order valence-electron chi connectivity index (χ0n) is 22.9. The smallest absolute Gasteiger partial charge is 0.338 e. The Balaban J connectivity index is 1.39. The van der Waals surface area contributed by atoms with E-state index in [2.05, 4.69) is 10.6 Å². The number of rotatable bonds is 10. The van der Waals surface area contributed by atoms with Gasteiger partial charge in [0.25, 0.3) is 23.6 Å². The predicted molar refractivity (Wildman–Crippen MR) is 157 cm³/mol. The van der Waals surface area contributed by atoms with Gasteiger partial charge in [-0.15, -0.1) is 0 Å². The first kappa shape index (κ1) is 31.2. The van der Waals surface area contributed by atoms with E-state index in [1.165, 1.54) is 24.3 Å². The molecule has 11 nitrogen and oxygen atoms in total. The topological polar surface area (TPSA) is 148 Å². The molecular weight excluding hydrogens is 601 g/mol. The van der Waals surface area contributed by atoms with Crippen molar-refractivity contribution in [3.63, 3.8) is 0 Å². The summed E-state index contributed by atoms with van der Waals surface area (Å²) >= 11 is 11.8. The van der Waals surface area contributed by atoms with Gasteiger partial charge < -0.3 is 20.1 Å². The number of carbonyl (C=O) groups excluding carboxylic acids is 6. The highest BCUT2D eigenvalue weighted by molar-refractivity contribution is 6.31. The number of carbonyl (C=O) groups is 6. The third kappa shape index (κ3) is 7.56. The molecule has 0 aromatic heterocycles. The van der Waals surface area contributed by atoms with Crippen LogP contribution >= 0.6 is 23.2 Å². The number of hydrogen-bond donors (Lipinski definition) is 2. The van der Waals surface area contributed by atoms with Crippen LogP contribution in [-0.2, 0) is 23.9 Å². The summed E-state index contributed by atoms with van der Waals surface area (Å²) in [6.45, 7) is 1.93. The van der Waals surface area contributed by atoms with Gasteiger partial charge in [0.2, 0.25) is 0 Å². The van der Waals surface area contributed by atoms with E-state index in [1.54, 1.807) is 50.2 Å². The Labute approximate surface area is 256 Å². The number of nitrogens with one attached hydrogen (secondary N) is 2. The Morgan fingerprint density at radius 2 is 1.28 bits per heavy atom. The molecule has 4 rings (SSSR count). The fourth-order valence-corrected chi connectivity index (χ4v) is 4.66. The Hall–Kier alpha value is -4.74. The molecule has 13 heteroatoms. The van der Waals surface area contributed by atoms with Crippen LogP contribution in [0.5, 0.6) is 0 Å². The molecule has 3 aromatic rings. The zero-order valence-corrected chi connectivity index (χ0v) is 24.4. The van der Waals surface area contributed by atoms with Crippen molar-refractivity contribution in [1.82, 2.24) is 4.90 Å². The molecule has 0 spiro atoms. The van der Waals surface area contributed by atoms with Gasteiger partial charge in [0.15, 0.2) is 13.2 Å². The van der Waals surface area contributed by atoms with Crippen LogP contribution in [0.1, 0.15) is 44.9 Å². The second-order valence-electron chi connectivity index (χ2n) is 9.73. The van der Waals surface area contributed by atoms with Gasteiger partial charge in [-0.05, 0) is 60.5 Å². The maximum absolute atomic E-state index is 13.3. The fraction of sp³-hybridized carbons (Fsp3) is 0.200. The van der Waals surface area contributed by atoms with Gasteiger partial charge >= 0.3 is 11.9 Å². The number of hydrogen-bond acceptors (Lipinski definition) is 8. The number of imide groups is 1. The average Bonchev–Trinajstić information content (AvgIpc) is 3.19. The molecule has 0 saturated carbocycles. The van der Waals surface area contributed by atoms with Crippen LogP contribution in [0.15, 0.2) is 66.7 Å². The van der Waals surface area contributed by atoms with Gasteiger partial charge in [0.05, 0.1) is 16.7 Å². The second kappa shape index (κ2) is 13.5. The van der Waals surface area contributed by atoms with E-state index in [1.807, 2.05) is 0 Å². The van der Waals surface area contributed by atoms with Crippen molar-refractivity contribution in [1.29, 1.82) is 0 Å². The monoisotopic (exact) mass is 625 g/mol. The van der Waals surface area contributed by atoms with E-state index < -0.39 is 60.7 Å². The largest absolute Gasteiger partial charge is 0.454 e. The Bertz CT molecular complexity index is 1620. The third-order valence-electron chi connectivity index (χ3n) is 6.20. The average molecular weight is 626 g/mol. The molecule has 0 bridgehead atoms. The summed E-state index contributed by atoms with van der Waals surface area (Å²) in [5.41, 5.74) is 0.566. The molecule has 4 amide bonds. The van der Waals surface area contributed by atoms with Crippen LogP contribution in [0.2, 0.25) is 10.0 Å². The normalized spacial score (nSPS) is 12.9. The van der Waals surface area contributed by atoms with Crippen LogP contribution in [-0.4, -0.2) is 59.7 Å². The summed E-state index contributed by atoms with van der Waals surface area (Å²) in [5, 5.41) is 5.88. The number of ether oxygens (including phenoxy) is 2. The van der Waals surface area contributed by atoms with Gasteiger partial charge in [0.1, 0.15) is 6.04 Å². The molecule has 3 aromatic carbocycles. The van der Waals surface area contributed by atoms with Crippen LogP contribution in [0, 0.1) is 5.92 Å². The highest BCUT2D eigenvalue weighted by atomic mass is 35.5. The Kier molecular flexibility index (Phi) is 9.79. The minimum Gasteiger partial charge on any atom is -0.454 e. The lowest BCUT2D eigenvalue weighted by atomic mass is 10.0. The minimum atomic E-state index is -1.35. The third-order valence-corrected chi connectivity index (χ3v) is 6.67. The van der Waals surface area contributed by atoms with Gasteiger partial charge in [-0.3, -0.25) is 24.1 Å². The van der Waals surface area contributed by atoms with E-state index >= 15 is 0 Å². The molecule has 1 aliphatic heterocycles. The van der Waals surface area contributed by atoms with Crippen LogP contribution in [0.4, 0.5) is 11.4 Å². The molecule has 0 aliphatic carbocycles. The SMILES string of the molecule is CC(C)C(C(=O)OCC(=O)Nc1cccc(Cl)c1)N1C(=O)c2ccc(C(=O)OCC(=O)Nc3cccc(Cl)c3)cc2C1=O. The second-order valence-corrected chi connectivity index (χ2v) is 10.6. The number of esters is 2. The number of benzene rings is 3. The summed E-state index contributed by atoms with van der Waals surface area (Å²) in [6.07, 6.45) is 0. The highest BCUT2D eigenvalue weighted by Crippen LogP contribution is 2.29. The maximum Gasteiger partial charge on any atom is 0.338 e. The molecule has 0 fully saturated rings. The van der Waals surface area contributed by atoms with Crippen molar-refractivity contribution in [2.24, 2.45) is 5.92 Å². The molecule has 0 radical (unpaired) electrons.